The van der Waals surface area contributed by atoms with Crippen LogP contribution in [-0.4, -0.2) is 13.0 Å². The van der Waals surface area contributed by atoms with Crippen molar-refractivity contribution in [1.29, 1.82) is 0 Å². The molecule has 0 aliphatic rings. The Hall–Kier alpha value is -3.16. The Morgan fingerprint density at radius 3 is 2.36 bits per heavy atom. The molecule has 3 aromatic rings. The average molecular weight is 496 g/mol. The minimum atomic E-state index is -4.49. The summed E-state index contributed by atoms with van der Waals surface area (Å²) in [6, 6.07) is 14.6. The molecule has 172 valence electrons. The van der Waals surface area contributed by atoms with Gasteiger partial charge >= 0.3 is 6.18 Å². The Morgan fingerprint density at radius 1 is 1.00 bits per heavy atom. The van der Waals surface area contributed by atoms with E-state index >= 15 is 0 Å². The van der Waals surface area contributed by atoms with Gasteiger partial charge in [0.05, 0.1) is 12.7 Å². The molecule has 33 heavy (non-hydrogen) atoms. The van der Waals surface area contributed by atoms with Crippen LogP contribution in [0.1, 0.15) is 16.7 Å². The predicted molar refractivity (Wildman–Crippen MR) is 123 cm³/mol. The first-order valence-electron chi connectivity index (χ1n) is 9.57. The summed E-state index contributed by atoms with van der Waals surface area (Å²) in [5.74, 6) is 0.277. The number of methoxy groups -OCH3 is 1. The molecule has 0 aromatic heterocycles. The van der Waals surface area contributed by atoms with Crippen molar-refractivity contribution in [3.8, 4) is 11.5 Å². The molecule has 0 saturated heterocycles. The fourth-order valence-corrected chi connectivity index (χ4v) is 3.36. The summed E-state index contributed by atoms with van der Waals surface area (Å²) in [6.07, 6.45) is -1.78. The van der Waals surface area contributed by atoms with Crippen LogP contribution in [0.15, 0.2) is 66.7 Å². The highest BCUT2D eigenvalue weighted by molar-refractivity contribution is 6.35. The van der Waals surface area contributed by atoms with Crippen molar-refractivity contribution < 1.29 is 27.4 Å². The Kier molecular flexibility index (Phi) is 7.89. The fourth-order valence-electron chi connectivity index (χ4n) is 2.86. The molecule has 0 spiro atoms. The summed E-state index contributed by atoms with van der Waals surface area (Å²) in [5.41, 5.74) is 0.453. The third kappa shape index (κ3) is 6.66. The highest BCUT2D eigenvalue weighted by Crippen LogP contribution is 2.32. The molecule has 0 fully saturated rings. The Balaban J connectivity index is 1.67. The molecule has 3 aromatic carbocycles. The molecule has 0 aliphatic heterocycles. The topological polar surface area (TPSA) is 47.6 Å². The van der Waals surface area contributed by atoms with Gasteiger partial charge in [-0.15, -0.1) is 0 Å². The van der Waals surface area contributed by atoms with E-state index in [4.69, 9.17) is 32.7 Å². The molecule has 0 aliphatic carbocycles. The fraction of sp³-hybridized carbons (Fsp3) is 0.125. The SMILES string of the molecule is COc1cc(/C=C/C(=O)Nc2cccc(C(F)(F)F)c2)ccc1OCc1c(Cl)cccc1Cl. The van der Waals surface area contributed by atoms with Gasteiger partial charge in [0.1, 0.15) is 6.61 Å². The molecule has 0 bridgehead atoms. The average Bonchev–Trinajstić information content (AvgIpc) is 2.77. The van der Waals surface area contributed by atoms with Crippen molar-refractivity contribution in [2.75, 3.05) is 12.4 Å². The van der Waals surface area contributed by atoms with Crippen LogP contribution in [0.3, 0.4) is 0 Å². The number of anilines is 1. The van der Waals surface area contributed by atoms with Gasteiger partial charge < -0.3 is 14.8 Å². The minimum Gasteiger partial charge on any atom is -0.493 e. The molecule has 0 radical (unpaired) electrons. The minimum absolute atomic E-state index is 0.0408. The summed E-state index contributed by atoms with van der Waals surface area (Å²) < 4.78 is 49.6. The number of carbonyl (C=O) groups is 1. The van der Waals surface area contributed by atoms with Gasteiger partial charge in [-0.2, -0.15) is 13.2 Å². The van der Waals surface area contributed by atoms with E-state index in [2.05, 4.69) is 5.32 Å². The van der Waals surface area contributed by atoms with Crippen LogP contribution >= 0.6 is 23.2 Å². The van der Waals surface area contributed by atoms with E-state index in [0.29, 0.717) is 32.7 Å². The van der Waals surface area contributed by atoms with Crippen LogP contribution in [-0.2, 0) is 17.6 Å². The molecule has 0 unspecified atom stereocenters. The first kappa shape index (κ1) is 24.5. The van der Waals surface area contributed by atoms with E-state index in [1.807, 2.05) is 0 Å². The smallest absolute Gasteiger partial charge is 0.416 e. The molecule has 1 amide bonds. The van der Waals surface area contributed by atoms with Crippen LogP contribution in [0.4, 0.5) is 18.9 Å². The number of hydrogen-bond acceptors (Lipinski definition) is 3. The third-order valence-corrected chi connectivity index (χ3v) is 5.21. The second kappa shape index (κ2) is 10.6. The number of amides is 1. The normalized spacial score (nSPS) is 11.5. The molecule has 3 rings (SSSR count). The lowest BCUT2D eigenvalue weighted by atomic mass is 10.1. The van der Waals surface area contributed by atoms with Gasteiger partial charge in [0.25, 0.3) is 0 Å². The molecular formula is C24H18Cl2F3NO3. The van der Waals surface area contributed by atoms with Crippen LogP contribution in [0.5, 0.6) is 11.5 Å². The number of rotatable bonds is 7. The Morgan fingerprint density at radius 2 is 1.70 bits per heavy atom. The largest absolute Gasteiger partial charge is 0.493 e. The molecule has 4 nitrogen and oxygen atoms in total. The van der Waals surface area contributed by atoms with E-state index in [-0.39, 0.29) is 12.3 Å². The Labute approximate surface area is 198 Å². The van der Waals surface area contributed by atoms with Gasteiger partial charge in [-0.1, -0.05) is 41.4 Å². The number of ether oxygens (including phenoxy) is 2. The summed E-state index contributed by atoms with van der Waals surface area (Å²) >= 11 is 12.3. The summed E-state index contributed by atoms with van der Waals surface area (Å²) in [6.45, 7) is 0.128. The molecule has 0 heterocycles. The van der Waals surface area contributed by atoms with Gasteiger partial charge in [0.2, 0.25) is 5.91 Å². The molecular weight excluding hydrogens is 478 g/mol. The van der Waals surface area contributed by atoms with E-state index in [9.17, 15) is 18.0 Å². The number of hydrogen-bond donors (Lipinski definition) is 1. The van der Waals surface area contributed by atoms with Crippen molar-refractivity contribution in [2.24, 2.45) is 0 Å². The summed E-state index contributed by atoms with van der Waals surface area (Å²) in [5, 5.41) is 3.37. The molecule has 0 saturated carbocycles. The zero-order valence-corrected chi connectivity index (χ0v) is 18.8. The molecule has 1 N–H and O–H groups in total. The lowest BCUT2D eigenvalue weighted by Gasteiger charge is -2.13. The van der Waals surface area contributed by atoms with Crippen LogP contribution < -0.4 is 14.8 Å². The number of benzene rings is 3. The van der Waals surface area contributed by atoms with Crippen molar-refractivity contribution in [1.82, 2.24) is 0 Å². The lowest BCUT2D eigenvalue weighted by Crippen LogP contribution is -2.10. The van der Waals surface area contributed by atoms with Crippen LogP contribution in [0, 0.1) is 0 Å². The first-order valence-corrected chi connectivity index (χ1v) is 10.3. The Bertz CT molecular complexity index is 1160. The number of halogens is 5. The maximum Gasteiger partial charge on any atom is 0.416 e. The van der Waals surface area contributed by atoms with E-state index in [1.54, 1.807) is 36.4 Å². The standard InChI is InChI=1S/C24H18Cl2F3NO3/c1-32-22-12-15(8-10-21(22)33-14-18-19(25)6-3-7-20(18)26)9-11-23(31)30-17-5-2-4-16(13-17)24(27,28)29/h2-13H,14H2,1H3,(H,30,31)/b11-9+. The second-order valence-electron chi connectivity index (χ2n) is 6.80. The highest BCUT2D eigenvalue weighted by atomic mass is 35.5. The zero-order valence-electron chi connectivity index (χ0n) is 17.2. The van der Waals surface area contributed by atoms with Gasteiger partial charge in [-0.25, -0.2) is 0 Å². The van der Waals surface area contributed by atoms with E-state index in [0.717, 1.165) is 12.1 Å². The third-order valence-electron chi connectivity index (χ3n) is 4.51. The number of carbonyl (C=O) groups excluding carboxylic acids is 1. The maximum atomic E-state index is 12.8. The van der Waals surface area contributed by atoms with Crippen LogP contribution in [0.2, 0.25) is 10.0 Å². The first-order chi connectivity index (χ1) is 15.7. The second-order valence-corrected chi connectivity index (χ2v) is 7.61. The number of nitrogens with one attached hydrogen (secondary N) is 1. The number of alkyl halides is 3. The summed E-state index contributed by atoms with van der Waals surface area (Å²) in [7, 11) is 1.47. The van der Waals surface area contributed by atoms with Gasteiger partial charge in [0.15, 0.2) is 11.5 Å². The van der Waals surface area contributed by atoms with Crippen molar-refractivity contribution in [3.63, 3.8) is 0 Å². The van der Waals surface area contributed by atoms with Gasteiger partial charge in [-0.3, -0.25) is 4.79 Å². The van der Waals surface area contributed by atoms with E-state index in [1.165, 1.54) is 31.4 Å². The van der Waals surface area contributed by atoms with Crippen molar-refractivity contribution in [2.45, 2.75) is 12.8 Å². The highest BCUT2D eigenvalue weighted by Gasteiger charge is 2.30. The van der Waals surface area contributed by atoms with Crippen molar-refractivity contribution in [3.05, 3.63) is 93.5 Å². The van der Waals surface area contributed by atoms with Crippen molar-refractivity contribution >= 4 is 40.9 Å². The van der Waals surface area contributed by atoms with Gasteiger partial charge in [0, 0.05) is 27.4 Å². The van der Waals surface area contributed by atoms with Gasteiger partial charge in [-0.05, 0) is 54.1 Å². The zero-order chi connectivity index (χ0) is 24.0. The van der Waals surface area contributed by atoms with Crippen LogP contribution in [0.25, 0.3) is 6.08 Å². The summed E-state index contributed by atoms with van der Waals surface area (Å²) in [4.78, 5) is 12.1. The molecule has 9 heteroatoms. The maximum absolute atomic E-state index is 12.8. The predicted octanol–water partition coefficient (Wildman–Crippen LogP) is 7.25. The quantitative estimate of drug-likeness (QED) is 0.351. The lowest BCUT2D eigenvalue weighted by molar-refractivity contribution is -0.137. The monoisotopic (exact) mass is 495 g/mol. The molecule has 0 atom stereocenters. The van der Waals surface area contributed by atoms with E-state index < -0.39 is 17.6 Å².